The third-order valence-corrected chi connectivity index (χ3v) is 7.67. The number of fused-ring (bicyclic) bond motifs is 1. The summed E-state index contributed by atoms with van der Waals surface area (Å²) in [5.74, 6) is -4.24. The minimum atomic E-state index is -4.36. The van der Waals surface area contributed by atoms with Crippen LogP contribution in [-0.4, -0.2) is 37.9 Å². The highest BCUT2D eigenvalue weighted by Crippen LogP contribution is 2.36. The first-order chi connectivity index (χ1) is 14.7. The Morgan fingerprint density at radius 2 is 1.74 bits per heavy atom. The van der Waals surface area contributed by atoms with E-state index in [0.29, 0.717) is 6.07 Å². The minimum absolute atomic E-state index is 0.00115. The quantitative estimate of drug-likeness (QED) is 0.656. The van der Waals surface area contributed by atoms with Crippen molar-refractivity contribution in [3.05, 3.63) is 58.9 Å². The number of piperidine rings is 1. The SMILES string of the molecule is CCc1cccc2c1N(C1CCN(S(=O)(=O)c3cc(F)c(F)cc3F)CC1)C(=O)OC2. The van der Waals surface area contributed by atoms with Crippen molar-refractivity contribution < 1.29 is 31.1 Å². The van der Waals surface area contributed by atoms with E-state index in [0.717, 1.165) is 27.5 Å². The highest BCUT2D eigenvalue weighted by molar-refractivity contribution is 7.89. The molecule has 31 heavy (non-hydrogen) atoms. The maximum Gasteiger partial charge on any atom is 0.414 e. The molecule has 0 atom stereocenters. The lowest BCUT2D eigenvalue weighted by Gasteiger charge is -2.40. The number of benzene rings is 2. The van der Waals surface area contributed by atoms with E-state index in [9.17, 15) is 26.4 Å². The Hall–Kier alpha value is -2.59. The molecule has 6 nitrogen and oxygen atoms in total. The monoisotopic (exact) mass is 454 g/mol. The molecule has 0 saturated carbocycles. The Balaban J connectivity index is 1.57. The van der Waals surface area contributed by atoms with E-state index in [1.165, 1.54) is 0 Å². The summed E-state index contributed by atoms with van der Waals surface area (Å²) >= 11 is 0. The molecule has 0 N–H and O–H groups in total. The summed E-state index contributed by atoms with van der Waals surface area (Å²) in [6.45, 7) is 2.16. The van der Waals surface area contributed by atoms with Crippen LogP contribution < -0.4 is 4.90 Å². The molecule has 1 fully saturated rings. The van der Waals surface area contributed by atoms with Gasteiger partial charge in [-0.25, -0.2) is 26.4 Å². The zero-order chi connectivity index (χ0) is 22.3. The van der Waals surface area contributed by atoms with Gasteiger partial charge >= 0.3 is 6.09 Å². The van der Waals surface area contributed by atoms with Gasteiger partial charge < -0.3 is 4.74 Å². The van der Waals surface area contributed by atoms with Crippen LogP contribution in [0.4, 0.5) is 23.7 Å². The summed E-state index contributed by atoms with van der Waals surface area (Å²) in [5, 5.41) is 0. The minimum Gasteiger partial charge on any atom is -0.444 e. The van der Waals surface area contributed by atoms with Crippen molar-refractivity contribution in [2.45, 2.75) is 43.7 Å². The van der Waals surface area contributed by atoms with E-state index in [2.05, 4.69) is 0 Å². The van der Waals surface area contributed by atoms with E-state index < -0.39 is 38.5 Å². The molecule has 2 aromatic carbocycles. The number of nitrogens with zero attached hydrogens (tertiary/aromatic N) is 2. The molecule has 166 valence electrons. The fourth-order valence-electron chi connectivity index (χ4n) is 4.17. The first kappa shape index (κ1) is 21.6. The Labute approximate surface area is 178 Å². The fourth-order valence-corrected chi connectivity index (χ4v) is 5.70. The molecule has 0 spiro atoms. The molecule has 2 aliphatic rings. The first-order valence-corrected chi connectivity index (χ1v) is 11.4. The highest BCUT2D eigenvalue weighted by Gasteiger charge is 2.38. The number of carbonyl (C=O) groups excluding carboxylic acids is 1. The molecular weight excluding hydrogens is 433 g/mol. The van der Waals surface area contributed by atoms with E-state index in [4.69, 9.17) is 4.74 Å². The zero-order valence-corrected chi connectivity index (χ0v) is 17.6. The van der Waals surface area contributed by atoms with Crippen LogP contribution in [0.5, 0.6) is 0 Å². The van der Waals surface area contributed by atoms with E-state index in [1.54, 1.807) is 4.90 Å². The topological polar surface area (TPSA) is 66.9 Å². The van der Waals surface area contributed by atoms with Crippen LogP contribution in [-0.2, 0) is 27.8 Å². The molecule has 0 aromatic heterocycles. The largest absolute Gasteiger partial charge is 0.444 e. The summed E-state index contributed by atoms with van der Waals surface area (Å²) in [6, 6.07) is 6.01. The van der Waals surface area contributed by atoms with Crippen molar-refractivity contribution in [2.24, 2.45) is 0 Å². The van der Waals surface area contributed by atoms with Crippen LogP contribution in [0.15, 0.2) is 35.2 Å². The number of cyclic esters (lactones) is 1. The van der Waals surface area contributed by atoms with Crippen LogP contribution in [0.2, 0.25) is 0 Å². The van der Waals surface area contributed by atoms with Crippen molar-refractivity contribution >= 4 is 21.8 Å². The van der Waals surface area contributed by atoms with Gasteiger partial charge in [-0.05, 0) is 30.9 Å². The Kier molecular flexibility index (Phi) is 5.69. The van der Waals surface area contributed by atoms with Crippen LogP contribution in [0.3, 0.4) is 0 Å². The van der Waals surface area contributed by atoms with Gasteiger partial charge in [0.15, 0.2) is 11.6 Å². The van der Waals surface area contributed by atoms with Gasteiger partial charge in [-0.3, -0.25) is 4.90 Å². The molecule has 0 unspecified atom stereocenters. The van der Waals surface area contributed by atoms with Crippen LogP contribution in [0.25, 0.3) is 0 Å². The molecule has 1 saturated heterocycles. The lowest BCUT2D eigenvalue weighted by atomic mass is 9.98. The van der Waals surface area contributed by atoms with E-state index >= 15 is 0 Å². The molecular formula is C21H21F3N2O4S. The van der Waals surface area contributed by atoms with Crippen LogP contribution in [0.1, 0.15) is 30.9 Å². The molecule has 1 amide bonds. The average molecular weight is 454 g/mol. The van der Waals surface area contributed by atoms with Crippen molar-refractivity contribution in [3.63, 3.8) is 0 Å². The number of halogens is 3. The summed E-state index contributed by atoms with van der Waals surface area (Å²) in [6.07, 6.45) is 0.811. The smallest absolute Gasteiger partial charge is 0.414 e. The number of anilines is 1. The third kappa shape index (κ3) is 3.78. The van der Waals surface area contributed by atoms with Gasteiger partial charge in [0.2, 0.25) is 10.0 Å². The summed E-state index contributed by atoms with van der Waals surface area (Å²) in [7, 11) is -4.36. The second kappa shape index (κ2) is 8.16. The van der Waals surface area contributed by atoms with Gasteiger partial charge in [-0.2, -0.15) is 4.31 Å². The summed E-state index contributed by atoms with van der Waals surface area (Å²) < 4.78 is 72.7. The van der Waals surface area contributed by atoms with Crippen molar-refractivity contribution in [3.8, 4) is 0 Å². The van der Waals surface area contributed by atoms with Gasteiger partial charge in [-0.1, -0.05) is 25.1 Å². The predicted octanol–water partition coefficient (Wildman–Crippen LogP) is 3.98. The zero-order valence-electron chi connectivity index (χ0n) is 16.8. The fraction of sp³-hybridized carbons (Fsp3) is 0.381. The van der Waals surface area contributed by atoms with E-state index in [1.807, 2.05) is 25.1 Å². The van der Waals surface area contributed by atoms with E-state index in [-0.39, 0.29) is 44.6 Å². The molecule has 0 aliphatic carbocycles. The average Bonchev–Trinajstić information content (AvgIpc) is 2.75. The lowest BCUT2D eigenvalue weighted by molar-refractivity contribution is 0.135. The second-order valence-corrected chi connectivity index (χ2v) is 9.44. The van der Waals surface area contributed by atoms with Gasteiger partial charge in [0.05, 0.1) is 5.69 Å². The number of sulfonamides is 1. The number of amides is 1. The number of ether oxygens (including phenoxy) is 1. The number of aryl methyl sites for hydroxylation is 1. The van der Waals surface area contributed by atoms with Gasteiger partial charge in [-0.15, -0.1) is 0 Å². The molecule has 0 bridgehead atoms. The van der Waals surface area contributed by atoms with Gasteiger partial charge in [0, 0.05) is 30.8 Å². The number of hydrogen-bond acceptors (Lipinski definition) is 4. The van der Waals surface area contributed by atoms with Crippen LogP contribution in [0, 0.1) is 17.5 Å². The second-order valence-electron chi connectivity index (χ2n) is 7.54. The summed E-state index contributed by atoms with van der Waals surface area (Å²) in [5.41, 5.74) is 2.68. The number of para-hydroxylation sites is 1. The number of rotatable bonds is 4. The molecule has 4 rings (SSSR count). The molecule has 2 heterocycles. The number of hydrogen-bond donors (Lipinski definition) is 0. The van der Waals surface area contributed by atoms with Gasteiger partial charge in [0.1, 0.15) is 17.3 Å². The van der Waals surface area contributed by atoms with Crippen molar-refractivity contribution in [1.82, 2.24) is 4.31 Å². The van der Waals surface area contributed by atoms with Gasteiger partial charge in [0.25, 0.3) is 0 Å². The molecule has 0 radical (unpaired) electrons. The Bertz CT molecular complexity index is 1120. The molecule has 2 aliphatic heterocycles. The molecule has 2 aromatic rings. The normalized spacial score (nSPS) is 18.1. The Morgan fingerprint density at radius 1 is 1.06 bits per heavy atom. The standard InChI is InChI=1S/C21H21F3N2O4S/c1-2-13-4-3-5-14-12-30-21(27)26(20(13)14)15-6-8-25(9-7-15)31(28,29)19-11-17(23)16(22)10-18(19)24/h3-5,10-11,15H,2,6-9,12H2,1H3. The number of carbonyl (C=O) groups is 1. The van der Waals surface area contributed by atoms with Crippen LogP contribution >= 0.6 is 0 Å². The van der Waals surface area contributed by atoms with Crippen molar-refractivity contribution in [2.75, 3.05) is 18.0 Å². The Morgan fingerprint density at radius 3 is 2.42 bits per heavy atom. The van der Waals surface area contributed by atoms with Crippen molar-refractivity contribution in [1.29, 1.82) is 0 Å². The molecule has 10 heteroatoms. The first-order valence-electron chi connectivity index (χ1n) is 9.95. The summed E-state index contributed by atoms with van der Waals surface area (Å²) in [4.78, 5) is 13.3. The lowest BCUT2D eigenvalue weighted by Crippen LogP contribution is -2.50. The highest BCUT2D eigenvalue weighted by atomic mass is 32.2. The predicted molar refractivity (Wildman–Crippen MR) is 107 cm³/mol. The maximum atomic E-state index is 14.1. The maximum absolute atomic E-state index is 14.1. The third-order valence-electron chi connectivity index (χ3n) is 5.75.